The van der Waals surface area contributed by atoms with E-state index in [-0.39, 0.29) is 0 Å². The molecule has 1 heterocycles. The molecule has 0 saturated heterocycles. The SMILES string of the molecule is CCCCOCCCNC1c2ccccc2OCC1C. The molecule has 0 bridgehead atoms. The number of rotatable bonds is 8. The minimum absolute atomic E-state index is 0.399. The number of fused-ring (bicyclic) bond motifs is 1. The van der Waals surface area contributed by atoms with Gasteiger partial charge in [-0.2, -0.15) is 0 Å². The minimum atomic E-state index is 0.399. The predicted octanol–water partition coefficient (Wildman–Crippen LogP) is 3.55. The van der Waals surface area contributed by atoms with Crippen LogP contribution in [0.25, 0.3) is 0 Å². The van der Waals surface area contributed by atoms with Crippen LogP contribution >= 0.6 is 0 Å². The third-order valence-corrected chi connectivity index (χ3v) is 3.80. The van der Waals surface area contributed by atoms with Gasteiger partial charge < -0.3 is 14.8 Å². The monoisotopic (exact) mass is 277 g/mol. The third-order valence-electron chi connectivity index (χ3n) is 3.80. The molecule has 0 amide bonds. The van der Waals surface area contributed by atoms with E-state index in [2.05, 4.69) is 37.4 Å². The first kappa shape index (κ1) is 15.3. The molecule has 3 heteroatoms. The highest BCUT2D eigenvalue weighted by atomic mass is 16.5. The molecule has 0 aromatic heterocycles. The van der Waals surface area contributed by atoms with Gasteiger partial charge in [0.05, 0.1) is 6.61 Å². The van der Waals surface area contributed by atoms with Gasteiger partial charge in [-0.1, -0.05) is 38.5 Å². The Bertz CT molecular complexity index is 394. The Morgan fingerprint density at radius 2 is 2.05 bits per heavy atom. The molecule has 0 radical (unpaired) electrons. The van der Waals surface area contributed by atoms with Crippen LogP contribution in [0.4, 0.5) is 0 Å². The molecule has 2 atom stereocenters. The maximum Gasteiger partial charge on any atom is 0.124 e. The number of hydrogen-bond donors (Lipinski definition) is 1. The summed E-state index contributed by atoms with van der Waals surface area (Å²) in [5.41, 5.74) is 1.29. The highest BCUT2D eigenvalue weighted by Crippen LogP contribution is 2.34. The fourth-order valence-corrected chi connectivity index (χ4v) is 2.58. The summed E-state index contributed by atoms with van der Waals surface area (Å²) in [6, 6.07) is 8.75. The molecular formula is C17H27NO2. The van der Waals surface area contributed by atoms with Crippen molar-refractivity contribution in [3.63, 3.8) is 0 Å². The molecule has 20 heavy (non-hydrogen) atoms. The second kappa shape index (κ2) is 8.28. The van der Waals surface area contributed by atoms with E-state index in [4.69, 9.17) is 9.47 Å². The standard InChI is InChI=1S/C17H27NO2/c1-3-4-11-19-12-7-10-18-17-14(2)13-20-16-9-6-5-8-15(16)17/h5-6,8-9,14,17-18H,3-4,7,10-13H2,1-2H3. The number of ether oxygens (including phenoxy) is 2. The first-order valence-electron chi connectivity index (χ1n) is 7.85. The molecule has 1 aromatic rings. The number of hydrogen-bond acceptors (Lipinski definition) is 3. The summed E-state index contributed by atoms with van der Waals surface area (Å²) in [5, 5.41) is 3.66. The summed E-state index contributed by atoms with van der Waals surface area (Å²) in [7, 11) is 0. The van der Waals surface area contributed by atoms with Gasteiger partial charge in [-0.25, -0.2) is 0 Å². The van der Waals surface area contributed by atoms with Gasteiger partial charge in [0.15, 0.2) is 0 Å². The third kappa shape index (κ3) is 4.22. The lowest BCUT2D eigenvalue weighted by Gasteiger charge is -2.32. The van der Waals surface area contributed by atoms with Crippen LogP contribution < -0.4 is 10.1 Å². The molecule has 0 fully saturated rings. The van der Waals surface area contributed by atoms with Crippen LogP contribution in [0, 0.1) is 5.92 Å². The maximum atomic E-state index is 5.77. The summed E-state index contributed by atoms with van der Waals surface area (Å²) in [5.74, 6) is 1.54. The van der Waals surface area contributed by atoms with Crippen molar-refractivity contribution in [2.24, 2.45) is 5.92 Å². The van der Waals surface area contributed by atoms with Crippen LogP contribution in [0.2, 0.25) is 0 Å². The smallest absolute Gasteiger partial charge is 0.124 e. The Morgan fingerprint density at radius 1 is 1.25 bits per heavy atom. The topological polar surface area (TPSA) is 30.5 Å². The Morgan fingerprint density at radius 3 is 2.90 bits per heavy atom. The molecule has 2 rings (SSSR count). The number of benzene rings is 1. The minimum Gasteiger partial charge on any atom is -0.493 e. The summed E-state index contributed by atoms with van der Waals surface area (Å²) >= 11 is 0. The molecule has 1 aliphatic rings. The molecular weight excluding hydrogens is 250 g/mol. The van der Waals surface area contributed by atoms with Crippen LogP contribution in [0.3, 0.4) is 0 Å². The van der Waals surface area contributed by atoms with Crippen LogP contribution in [-0.4, -0.2) is 26.4 Å². The molecule has 0 saturated carbocycles. The highest BCUT2D eigenvalue weighted by molar-refractivity contribution is 5.37. The average molecular weight is 277 g/mol. The Hall–Kier alpha value is -1.06. The van der Waals surface area contributed by atoms with Gasteiger partial charge in [0.1, 0.15) is 5.75 Å². The second-order valence-corrected chi connectivity index (χ2v) is 5.58. The average Bonchev–Trinajstić information content (AvgIpc) is 2.48. The molecule has 2 unspecified atom stereocenters. The van der Waals surface area contributed by atoms with Gasteiger partial charge >= 0.3 is 0 Å². The van der Waals surface area contributed by atoms with Crippen molar-refractivity contribution in [3.8, 4) is 5.75 Å². The van der Waals surface area contributed by atoms with Gasteiger partial charge in [0.2, 0.25) is 0 Å². The maximum absolute atomic E-state index is 5.77. The van der Waals surface area contributed by atoms with E-state index in [0.29, 0.717) is 12.0 Å². The summed E-state index contributed by atoms with van der Waals surface area (Å²) < 4.78 is 11.4. The van der Waals surface area contributed by atoms with Crippen molar-refractivity contribution in [3.05, 3.63) is 29.8 Å². The van der Waals surface area contributed by atoms with Crippen LogP contribution in [-0.2, 0) is 4.74 Å². The van der Waals surface area contributed by atoms with Crippen molar-refractivity contribution in [2.45, 2.75) is 39.2 Å². The first-order valence-corrected chi connectivity index (χ1v) is 7.85. The molecule has 112 valence electrons. The van der Waals surface area contributed by atoms with Crippen molar-refractivity contribution < 1.29 is 9.47 Å². The van der Waals surface area contributed by atoms with E-state index in [1.807, 2.05) is 6.07 Å². The van der Waals surface area contributed by atoms with E-state index in [1.54, 1.807) is 0 Å². The lowest BCUT2D eigenvalue weighted by molar-refractivity contribution is 0.125. The van der Waals surface area contributed by atoms with E-state index in [9.17, 15) is 0 Å². The van der Waals surface area contributed by atoms with Gasteiger partial charge in [-0.3, -0.25) is 0 Å². The number of unbranched alkanes of at least 4 members (excludes halogenated alkanes) is 1. The Balaban J connectivity index is 1.75. The lowest BCUT2D eigenvalue weighted by atomic mass is 9.92. The highest BCUT2D eigenvalue weighted by Gasteiger charge is 2.26. The van der Waals surface area contributed by atoms with Gasteiger partial charge in [-0.05, 0) is 25.5 Å². The van der Waals surface area contributed by atoms with Crippen LogP contribution in [0.15, 0.2) is 24.3 Å². The normalized spacial score (nSPS) is 21.3. The quantitative estimate of drug-likeness (QED) is 0.737. The van der Waals surface area contributed by atoms with Crippen LogP contribution in [0.5, 0.6) is 5.75 Å². The second-order valence-electron chi connectivity index (χ2n) is 5.58. The van der Waals surface area contributed by atoms with Gasteiger partial charge in [-0.15, -0.1) is 0 Å². The summed E-state index contributed by atoms with van der Waals surface area (Å²) in [4.78, 5) is 0. The molecule has 1 aromatic carbocycles. The van der Waals surface area contributed by atoms with Crippen molar-refractivity contribution >= 4 is 0 Å². The number of para-hydroxylation sites is 1. The fourth-order valence-electron chi connectivity index (χ4n) is 2.58. The lowest BCUT2D eigenvalue weighted by Crippen LogP contribution is -2.34. The molecule has 3 nitrogen and oxygen atoms in total. The molecule has 1 N–H and O–H groups in total. The van der Waals surface area contributed by atoms with Crippen molar-refractivity contribution in [2.75, 3.05) is 26.4 Å². The molecule has 0 spiro atoms. The Labute approximate surface area is 122 Å². The van der Waals surface area contributed by atoms with Gasteiger partial charge in [0.25, 0.3) is 0 Å². The summed E-state index contributed by atoms with van der Waals surface area (Å²) in [6.45, 7) is 7.97. The van der Waals surface area contributed by atoms with E-state index in [0.717, 1.165) is 45.0 Å². The zero-order chi connectivity index (χ0) is 14.2. The first-order chi connectivity index (χ1) is 9.83. The van der Waals surface area contributed by atoms with Gasteiger partial charge in [0, 0.05) is 30.7 Å². The van der Waals surface area contributed by atoms with Crippen LogP contribution in [0.1, 0.15) is 44.7 Å². The van der Waals surface area contributed by atoms with Crippen molar-refractivity contribution in [1.29, 1.82) is 0 Å². The van der Waals surface area contributed by atoms with Crippen molar-refractivity contribution in [1.82, 2.24) is 5.32 Å². The Kier molecular flexibility index (Phi) is 6.34. The zero-order valence-corrected chi connectivity index (χ0v) is 12.7. The molecule has 1 aliphatic heterocycles. The van der Waals surface area contributed by atoms with E-state index < -0.39 is 0 Å². The fraction of sp³-hybridized carbons (Fsp3) is 0.647. The largest absolute Gasteiger partial charge is 0.493 e. The number of nitrogens with one attached hydrogen (secondary N) is 1. The summed E-state index contributed by atoms with van der Waals surface area (Å²) in [6.07, 6.45) is 3.43. The van der Waals surface area contributed by atoms with E-state index >= 15 is 0 Å². The molecule has 0 aliphatic carbocycles. The van der Waals surface area contributed by atoms with E-state index in [1.165, 1.54) is 12.0 Å². The predicted molar refractivity (Wildman–Crippen MR) is 82.2 cm³/mol. The zero-order valence-electron chi connectivity index (χ0n) is 12.7.